The molecule has 0 amide bonds. The van der Waals surface area contributed by atoms with Crippen LogP contribution < -0.4 is 5.73 Å². The minimum absolute atomic E-state index is 0.0413. The van der Waals surface area contributed by atoms with Crippen LogP contribution in [-0.2, 0) is 37.5 Å². The SMILES string of the molecule is CC/C=C\C/C=C\C/C=C\C/C=C\C/C=C\C/C=C\CCC(=O)OC[C@H](COP(=O)(O)OC[C@H](N)C(=O)O)OC(=O)CCC/C=C\C/C=C\C/C=C\C=C\[C@@H](O)CCCCC. The molecule has 0 aromatic heterocycles. The van der Waals surface area contributed by atoms with E-state index in [1.165, 1.54) is 0 Å². The fourth-order valence-electron chi connectivity index (χ4n) is 4.90. The molecule has 0 aliphatic heterocycles. The summed E-state index contributed by atoms with van der Waals surface area (Å²) in [5, 5.41) is 18.8. The third kappa shape index (κ3) is 41.0. The van der Waals surface area contributed by atoms with E-state index in [-0.39, 0.29) is 12.8 Å². The topological polar surface area (TPSA) is 192 Å². The van der Waals surface area contributed by atoms with Crippen molar-refractivity contribution in [3.63, 3.8) is 0 Å². The van der Waals surface area contributed by atoms with Gasteiger partial charge in [0.2, 0.25) is 0 Å². The predicted octanol–water partition coefficient (Wildman–Crippen LogP) is 10.6. The van der Waals surface area contributed by atoms with E-state index in [1.54, 1.807) is 6.08 Å². The van der Waals surface area contributed by atoms with Crippen LogP contribution in [0.5, 0.6) is 0 Å². The second-order valence-electron chi connectivity index (χ2n) is 13.9. The molecule has 0 aliphatic carbocycles. The molecule has 0 fully saturated rings. The van der Waals surface area contributed by atoms with Crippen LogP contribution in [0.15, 0.2) is 122 Å². The lowest BCUT2D eigenvalue weighted by Crippen LogP contribution is -2.34. The van der Waals surface area contributed by atoms with Crippen LogP contribution in [0, 0.1) is 0 Å². The molecule has 0 aliphatic rings. The Balaban J connectivity index is 4.65. The Morgan fingerprint density at radius 3 is 1.66 bits per heavy atom. The van der Waals surface area contributed by atoms with Crippen LogP contribution in [0.4, 0.5) is 0 Å². The van der Waals surface area contributed by atoms with E-state index in [2.05, 4.69) is 73.1 Å². The van der Waals surface area contributed by atoms with Crippen molar-refractivity contribution >= 4 is 25.7 Å². The third-order valence-electron chi connectivity index (χ3n) is 8.31. The van der Waals surface area contributed by atoms with E-state index in [0.717, 1.165) is 70.6 Å². The molecule has 1 unspecified atom stereocenters. The first-order valence-electron chi connectivity index (χ1n) is 21.7. The van der Waals surface area contributed by atoms with Gasteiger partial charge >= 0.3 is 25.7 Å². The molecule has 0 saturated carbocycles. The Kier molecular flexibility index (Phi) is 38.4. The number of unbranched alkanes of at least 4 members (excludes halogenated alkanes) is 3. The van der Waals surface area contributed by atoms with Crippen LogP contribution in [0.25, 0.3) is 0 Å². The van der Waals surface area contributed by atoms with E-state index >= 15 is 0 Å². The Morgan fingerprint density at radius 2 is 1.11 bits per heavy atom. The zero-order chi connectivity index (χ0) is 45.1. The van der Waals surface area contributed by atoms with Gasteiger partial charge in [-0.15, -0.1) is 0 Å². The van der Waals surface area contributed by atoms with Gasteiger partial charge in [-0.25, -0.2) is 4.57 Å². The number of phosphoric ester groups is 1. The second-order valence-corrected chi connectivity index (χ2v) is 15.4. The minimum atomic E-state index is -4.77. The Hall–Kier alpha value is -4.16. The maximum absolute atomic E-state index is 12.6. The summed E-state index contributed by atoms with van der Waals surface area (Å²) in [6, 6.07) is -1.55. The molecule has 342 valence electrons. The summed E-state index contributed by atoms with van der Waals surface area (Å²) in [5.41, 5.74) is 5.32. The van der Waals surface area contributed by atoms with Crippen molar-refractivity contribution in [2.45, 2.75) is 141 Å². The van der Waals surface area contributed by atoms with E-state index in [9.17, 15) is 28.9 Å². The van der Waals surface area contributed by atoms with E-state index < -0.39 is 63.8 Å². The molecule has 4 atom stereocenters. The fourth-order valence-corrected chi connectivity index (χ4v) is 5.68. The number of aliphatic hydroxyl groups excluding tert-OH is 1. The molecule has 0 aromatic carbocycles. The predicted molar refractivity (Wildman–Crippen MR) is 245 cm³/mol. The standard InChI is InChI=1S/C48H74NO11P/c1-3-5-7-8-9-10-11-12-13-14-15-16-17-18-21-24-27-30-34-38-46(51)57-40-44(41-58-61(55,56)59-42-45(49)48(53)54)60-47(52)39-35-31-28-25-22-19-20-23-26-29-33-37-43(50)36-32-6-4-2/h5,7,9-10,12-13,15-16,18-21,25-30,33,37,43-45,50H,3-4,6,8,11,14,17,22-24,31-32,34-36,38-42,49H2,1-2H3,(H,53,54)(H,55,56)/b7-5-,10-9-,13-12-,16-15-,20-19-,21-18-,28-25-,29-26-,30-27-,37-33+/t43-,44+,45-/m0/s1. The highest BCUT2D eigenvalue weighted by molar-refractivity contribution is 7.47. The summed E-state index contributed by atoms with van der Waals surface area (Å²) in [6.07, 6.45) is 51.8. The van der Waals surface area contributed by atoms with Crippen molar-refractivity contribution in [2.24, 2.45) is 5.73 Å². The van der Waals surface area contributed by atoms with Crippen LogP contribution in [0.2, 0.25) is 0 Å². The number of rotatable bonds is 38. The van der Waals surface area contributed by atoms with Crippen molar-refractivity contribution in [3.05, 3.63) is 122 Å². The Labute approximate surface area is 365 Å². The normalized spacial score (nSPS) is 15.4. The molecule has 0 aromatic rings. The summed E-state index contributed by atoms with van der Waals surface area (Å²) in [5.74, 6) is -2.61. The molecule has 12 nitrogen and oxygen atoms in total. The molecule has 5 N–H and O–H groups in total. The van der Waals surface area contributed by atoms with Crippen LogP contribution >= 0.6 is 7.82 Å². The number of aliphatic carboxylic acids is 1. The van der Waals surface area contributed by atoms with Crippen LogP contribution in [-0.4, -0.2) is 71.1 Å². The lowest BCUT2D eigenvalue weighted by Gasteiger charge is -2.20. The van der Waals surface area contributed by atoms with E-state index in [0.29, 0.717) is 25.7 Å². The zero-order valence-corrected chi connectivity index (χ0v) is 37.4. The maximum atomic E-state index is 12.6. The largest absolute Gasteiger partial charge is 0.480 e. The van der Waals surface area contributed by atoms with Crippen LogP contribution in [0.1, 0.15) is 123 Å². The third-order valence-corrected chi connectivity index (χ3v) is 9.26. The first kappa shape index (κ1) is 56.8. The van der Waals surface area contributed by atoms with Gasteiger partial charge in [-0.2, -0.15) is 0 Å². The fraction of sp³-hybridized carbons (Fsp3) is 0.521. The first-order chi connectivity index (χ1) is 29.5. The number of carboxylic acids is 1. The molecule has 0 saturated heterocycles. The van der Waals surface area contributed by atoms with E-state index in [4.69, 9.17) is 24.8 Å². The Morgan fingerprint density at radius 1 is 0.607 bits per heavy atom. The number of hydrogen-bond donors (Lipinski definition) is 4. The second kappa shape index (κ2) is 41.2. The smallest absolute Gasteiger partial charge is 0.472 e. The highest BCUT2D eigenvalue weighted by Gasteiger charge is 2.28. The minimum Gasteiger partial charge on any atom is -0.480 e. The molecular weight excluding hydrogens is 797 g/mol. The number of ether oxygens (including phenoxy) is 2. The number of nitrogens with two attached hydrogens (primary N) is 1. The summed E-state index contributed by atoms with van der Waals surface area (Å²) < 4.78 is 32.5. The van der Waals surface area contributed by atoms with Crippen molar-refractivity contribution < 1.29 is 52.6 Å². The van der Waals surface area contributed by atoms with Crippen molar-refractivity contribution in [1.29, 1.82) is 0 Å². The lowest BCUT2D eigenvalue weighted by atomic mass is 10.1. The summed E-state index contributed by atoms with van der Waals surface area (Å²) in [4.78, 5) is 45.9. The van der Waals surface area contributed by atoms with Gasteiger partial charge in [-0.1, -0.05) is 155 Å². The number of esters is 2. The summed E-state index contributed by atoms with van der Waals surface area (Å²) in [7, 11) is -4.77. The molecule has 0 bridgehead atoms. The maximum Gasteiger partial charge on any atom is 0.472 e. The van der Waals surface area contributed by atoms with Gasteiger partial charge in [-0.05, 0) is 77.0 Å². The number of hydrogen-bond acceptors (Lipinski definition) is 10. The number of carbonyl (C=O) groups excluding carboxylic acids is 2. The van der Waals surface area contributed by atoms with Gasteiger partial charge in [0.15, 0.2) is 6.10 Å². The van der Waals surface area contributed by atoms with Gasteiger partial charge < -0.3 is 30.3 Å². The molecule has 0 rings (SSSR count). The summed E-state index contributed by atoms with van der Waals surface area (Å²) >= 11 is 0. The van der Waals surface area contributed by atoms with Gasteiger partial charge in [0.05, 0.1) is 19.3 Å². The lowest BCUT2D eigenvalue weighted by molar-refractivity contribution is -0.161. The zero-order valence-electron chi connectivity index (χ0n) is 36.6. The van der Waals surface area contributed by atoms with Gasteiger partial charge in [0, 0.05) is 12.8 Å². The number of carboxylic acid groups (broad SMARTS) is 1. The van der Waals surface area contributed by atoms with Crippen molar-refractivity contribution in [3.8, 4) is 0 Å². The molecule has 0 radical (unpaired) electrons. The number of aliphatic hydroxyl groups is 1. The Bertz CT molecular complexity index is 1510. The number of phosphoric acid groups is 1. The average molecular weight is 872 g/mol. The molecule has 13 heteroatoms. The molecule has 0 spiro atoms. The highest BCUT2D eigenvalue weighted by Crippen LogP contribution is 2.43. The van der Waals surface area contributed by atoms with Gasteiger partial charge in [-0.3, -0.25) is 23.4 Å². The van der Waals surface area contributed by atoms with Crippen molar-refractivity contribution in [1.82, 2.24) is 0 Å². The van der Waals surface area contributed by atoms with Gasteiger partial charge in [0.1, 0.15) is 12.6 Å². The molecule has 61 heavy (non-hydrogen) atoms. The number of carbonyl (C=O) groups is 3. The van der Waals surface area contributed by atoms with Crippen LogP contribution in [0.3, 0.4) is 0 Å². The summed E-state index contributed by atoms with van der Waals surface area (Å²) in [6.45, 7) is 2.39. The quantitative estimate of drug-likeness (QED) is 0.0151. The monoisotopic (exact) mass is 871 g/mol. The van der Waals surface area contributed by atoms with Crippen molar-refractivity contribution in [2.75, 3.05) is 19.8 Å². The average Bonchev–Trinajstić information content (AvgIpc) is 3.23. The molecule has 0 heterocycles. The first-order valence-corrected chi connectivity index (χ1v) is 23.2. The highest BCUT2D eigenvalue weighted by atomic mass is 31.2. The molecular formula is C48H74NO11P. The van der Waals surface area contributed by atoms with E-state index in [1.807, 2.05) is 60.8 Å². The van der Waals surface area contributed by atoms with Gasteiger partial charge in [0.25, 0.3) is 0 Å². The number of allylic oxidation sites excluding steroid dienone is 19.